The van der Waals surface area contributed by atoms with E-state index < -0.39 is 5.91 Å². The van der Waals surface area contributed by atoms with E-state index in [1.807, 2.05) is 36.4 Å². The summed E-state index contributed by atoms with van der Waals surface area (Å²) >= 11 is 0. The van der Waals surface area contributed by atoms with Crippen LogP contribution < -0.4 is 10.6 Å². The summed E-state index contributed by atoms with van der Waals surface area (Å²) in [5.74, 6) is -0.426. The number of amides is 1. The zero-order chi connectivity index (χ0) is 15.3. The molecule has 0 unspecified atom stereocenters. The third-order valence-electron chi connectivity index (χ3n) is 2.53. The first-order valence-electron chi connectivity index (χ1n) is 6.62. The van der Waals surface area contributed by atoms with E-state index >= 15 is 0 Å². The molecule has 0 aliphatic rings. The molecule has 1 aromatic rings. The normalized spacial score (nSPS) is 10.8. The van der Waals surface area contributed by atoms with Gasteiger partial charge in [0.25, 0.3) is 5.91 Å². The Morgan fingerprint density at radius 3 is 2.76 bits per heavy atom. The summed E-state index contributed by atoms with van der Waals surface area (Å²) in [6.45, 7) is 1.46. The third-order valence-corrected chi connectivity index (χ3v) is 2.53. The second-order valence-electron chi connectivity index (χ2n) is 4.13. The summed E-state index contributed by atoms with van der Waals surface area (Å²) in [6, 6.07) is 11.3. The smallest absolute Gasteiger partial charge is 0.263 e. The fourth-order valence-corrected chi connectivity index (χ4v) is 1.49. The Morgan fingerprint density at radius 2 is 2.10 bits per heavy atom. The van der Waals surface area contributed by atoms with E-state index in [0.29, 0.717) is 19.7 Å². The van der Waals surface area contributed by atoms with Crippen molar-refractivity contribution in [1.82, 2.24) is 10.6 Å². The van der Waals surface area contributed by atoms with Gasteiger partial charge in [-0.1, -0.05) is 30.3 Å². The number of hydrogen-bond donors (Lipinski definition) is 3. The molecule has 0 aliphatic carbocycles. The highest BCUT2D eigenvalue weighted by atomic mass is 16.5. The highest BCUT2D eigenvalue weighted by Gasteiger charge is 2.07. The van der Waals surface area contributed by atoms with E-state index in [1.54, 1.807) is 0 Å². The van der Waals surface area contributed by atoms with E-state index in [4.69, 9.17) is 15.1 Å². The molecular formula is C15H19N3O3. The van der Waals surface area contributed by atoms with Crippen LogP contribution in [-0.2, 0) is 16.1 Å². The second-order valence-corrected chi connectivity index (χ2v) is 4.13. The van der Waals surface area contributed by atoms with E-state index in [0.717, 1.165) is 5.56 Å². The largest absolute Gasteiger partial charge is 0.394 e. The molecular weight excluding hydrogens is 270 g/mol. The molecule has 21 heavy (non-hydrogen) atoms. The Balaban J connectivity index is 2.33. The van der Waals surface area contributed by atoms with Gasteiger partial charge in [-0.3, -0.25) is 4.79 Å². The van der Waals surface area contributed by atoms with E-state index in [1.165, 1.54) is 6.20 Å². The number of hydrogen-bond acceptors (Lipinski definition) is 5. The Morgan fingerprint density at radius 1 is 1.33 bits per heavy atom. The fourth-order valence-electron chi connectivity index (χ4n) is 1.49. The minimum atomic E-state index is -0.426. The van der Waals surface area contributed by atoms with Crippen LogP contribution in [0.15, 0.2) is 42.1 Å². The molecule has 112 valence electrons. The number of nitrogens with zero attached hydrogens (tertiary/aromatic N) is 1. The Kier molecular flexibility index (Phi) is 8.29. The van der Waals surface area contributed by atoms with Crippen molar-refractivity contribution in [1.29, 1.82) is 5.26 Å². The van der Waals surface area contributed by atoms with Crippen LogP contribution >= 0.6 is 0 Å². The molecule has 0 spiro atoms. The predicted octanol–water partition coefficient (Wildman–Crippen LogP) is 0.309. The molecule has 0 fully saturated rings. The monoisotopic (exact) mass is 289 g/mol. The Hall–Kier alpha value is -2.36. The first-order chi connectivity index (χ1) is 10.3. The number of nitrogens with one attached hydrogen (secondary N) is 2. The predicted molar refractivity (Wildman–Crippen MR) is 77.9 cm³/mol. The molecule has 0 saturated heterocycles. The van der Waals surface area contributed by atoms with Crippen LogP contribution in [0.25, 0.3) is 0 Å². The second kappa shape index (κ2) is 10.4. The lowest BCUT2D eigenvalue weighted by atomic mass is 10.2. The van der Waals surface area contributed by atoms with Gasteiger partial charge in [-0.15, -0.1) is 0 Å². The van der Waals surface area contributed by atoms with Crippen LogP contribution in [0.1, 0.15) is 5.56 Å². The van der Waals surface area contributed by atoms with Gasteiger partial charge in [-0.05, 0) is 5.56 Å². The first-order valence-corrected chi connectivity index (χ1v) is 6.62. The lowest BCUT2D eigenvalue weighted by Gasteiger charge is -2.05. The summed E-state index contributed by atoms with van der Waals surface area (Å²) in [7, 11) is 0. The number of carbonyl (C=O) groups excluding carboxylic acids is 1. The molecule has 1 rings (SSSR count). The van der Waals surface area contributed by atoms with Crippen LogP contribution in [0, 0.1) is 11.3 Å². The van der Waals surface area contributed by atoms with Crippen molar-refractivity contribution < 1.29 is 14.6 Å². The van der Waals surface area contributed by atoms with Crippen molar-refractivity contribution in [2.24, 2.45) is 0 Å². The molecule has 6 heteroatoms. The zero-order valence-electron chi connectivity index (χ0n) is 11.7. The molecule has 6 nitrogen and oxygen atoms in total. The van der Waals surface area contributed by atoms with Crippen molar-refractivity contribution in [3.05, 3.63) is 47.7 Å². The van der Waals surface area contributed by atoms with Crippen LogP contribution in [0.5, 0.6) is 0 Å². The van der Waals surface area contributed by atoms with Crippen LogP contribution in [0.2, 0.25) is 0 Å². The SMILES string of the molecule is N#C/C(=C/NCCOCCO)C(=O)NCc1ccccc1. The van der Waals surface area contributed by atoms with Gasteiger partial charge in [0, 0.05) is 19.3 Å². The third kappa shape index (κ3) is 7.11. The number of benzene rings is 1. The maximum absolute atomic E-state index is 11.8. The van der Waals surface area contributed by atoms with Gasteiger partial charge in [-0.25, -0.2) is 0 Å². The van der Waals surface area contributed by atoms with Gasteiger partial charge in [-0.2, -0.15) is 5.26 Å². The standard InChI is InChI=1S/C15H19N3O3/c16-10-14(12-17-6-8-21-9-7-19)15(20)18-11-13-4-2-1-3-5-13/h1-5,12,17,19H,6-9,11H2,(H,18,20)/b14-12-. The Bertz CT molecular complexity index is 495. The average Bonchev–Trinajstić information content (AvgIpc) is 2.53. The van der Waals surface area contributed by atoms with Gasteiger partial charge in [0.2, 0.25) is 0 Å². The summed E-state index contributed by atoms with van der Waals surface area (Å²) < 4.78 is 5.04. The zero-order valence-corrected chi connectivity index (χ0v) is 11.7. The van der Waals surface area contributed by atoms with Gasteiger partial charge < -0.3 is 20.5 Å². The lowest BCUT2D eigenvalue weighted by molar-refractivity contribution is -0.117. The molecule has 0 aliphatic heterocycles. The van der Waals surface area contributed by atoms with Crippen molar-refractivity contribution in [3.8, 4) is 6.07 Å². The van der Waals surface area contributed by atoms with Crippen molar-refractivity contribution in [3.63, 3.8) is 0 Å². The minimum absolute atomic E-state index is 0.00749. The molecule has 3 N–H and O–H groups in total. The maximum Gasteiger partial charge on any atom is 0.263 e. The molecule has 0 atom stereocenters. The van der Waals surface area contributed by atoms with E-state index in [2.05, 4.69) is 10.6 Å². The van der Waals surface area contributed by atoms with E-state index in [-0.39, 0.29) is 18.8 Å². The number of aliphatic hydroxyl groups excluding tert-OH is 1. The number of ether oxygens (including phenoxy) is 1. The number of aliphatic hydroxyl groups is 1. The highest BCUT2D eigenvalue weighted by molar-refractivity contribution is 5.97. The van der Waals surface area contributed by atoms with Gasteiger partial charge in [0.05, 0.1) is 19.8 Å². The lowest BCUT2D eigenvalue weighted by Crippen LogP contribution is -2.25. The van der Waals surface area contributed by atoms with Crippen LogP contribution in [0.3, 0.4) is 0 Å². The molecule has 0 bridgehead atoms. The van der Waals surface area contributed by atoms with Crippen molar-refractivity contribution in [2.75, 3.05) is 26.4 Å². The molecule has 1 amide bonds. The summed E-state index contributed by atoms with van der Waals surface area (Å²) in [4.78, 5) is 11.8. The average molecular weight is 289 g/mol. The molecule has 0 aromatic heterocycles. The molecule has 0 saturated carbocycles. The quantitative estimate of drug-likeness (QED) is 0.345. The maximum atomic E-state index is 11.8. The molecule has 1 aromatic carbocycles. The first kappa shape index (κ1) is 16.7. The summed E-state index contributed by atoms with van der Waals surface area (Å²) in [5, 5.41) is 23.0. The van der Waals surface area contributed by atoms with Gasteiger partial charge in [0.15, 0.2) is 0 Å². The fraction of sp³-hybridized carbons (Fsp3) is 0.333. The minimum Gasteiger partial charge on any atom is -0.394 e. The number of carbonyl (C=O) groups is 1. The van der Waals surface area contributed by atoms with E-state index in [9.17, 15) is 4.79 Å². The van der Waals surface area contributed by atoms with Gasteiger partial charge >= 0.3 is 0 Å². The highest BCUT2D eigenvalue weighted by Crippen LogP contribution is 1.98. The van der Waals surface area contributed by atoms with Gasteiger partial charge in [0.1, 0.15) is 11.6 Å². The van der Waals surface area contributed by atoms with Crippen LogP contribution in [0.4, 0.5) is 0 Å². The molecule has 0 radical (unpaired) electrons. The van der Waals surface area contributed by atoms with Crippen molar-refractivity contribution >= 4 is 5.91 Å². The number of nitriles is 1. The topological polar surface area (TPSA) is 94.4 Å². The summed E-state index contributed by atoms with van der Waals surface area (Å²) in [6.07, 6.45) is 1.36. The Labute approximate surface area is 124 Å². The number of rotatable bonds is 9. The van der Waals surface area contributed by atoms with Crippen molar-refractivity contribution in [2.45, 2.75) is 6.54 Å². The molecule has 0 heterocycles. The van der Waals surface area contributed by atoms with Crippen LogP contribution in [-0.4, -0.2) is 37.4 Å². The summed E-state index contributed by atoms with van der Waals surface area (Å²) in [5.41, 5.74) is 0.974.